The van der Waals surface area contributed by atoms with Crippen molar-refractivity contribution in [3.8, 4) is 11.1 Å². The van der Waals surface area contributed by atoms with Crippen LogP contribution in [0.4, 0.5) is 5.69 Å². The van der Waals surface area contributed by atoms with E-state index < -0.39 is 16.9 Å². The number of rotatable bonds is 5. The highest BCUT2D eigenvalue weighted by molar-refractivity contribution is 5.87. The molecule has 0 saturated carbocycles. The summed E-state index contributed by atoms with van der Waals surface area (Å²) in [5.41, 5.74) is 1.76. The van der Waals surface area contributed by atoms with Gasteiger partial charge in [-0.15, -0.1) is 0 Å². The van der Waals surface area contributed by atoms with Gasteiger partial charge in [0.2, 0.25) is 10.9 Å². The van der Waals surface area contributed by atoms with Crippen LogP contribution in [-0.2, 0) is 9.53 Å². The Morgan fingerprint density at radius 3 is 2.46 bits per heavy atom. The zero-order valence-corrected chi connectivity index (χ0v) is 15.6. The summed E-state index contributed by atoms with van der Waals surface area (Å²) >= 11 is 0. The summed E-state index contributed by atoms with van der Waals surface area (Å²) in [6.45, 7) is 6.87. The third kappa shape index (κ3) is 3.18. The van der Waals surface area contributed by atoms with Crippen molar-refractivity contribution in [3.05, 3.63) is 50.3 Å². The summed E-state index contributed by atoms with van der Waals surface area (Å²) in [7, 11) is 0. The molecule has 3 rings (SSSR count). The van der Waals surface area contributed by atoms with Crippen LogP contribution in [0.2, 0.25) is 0 Å². The third-order valence-corrected chi connectivity index (χ3v) is 5.10. The number of piperidine rings is 1. The molecule has 0 amide bonds. The van der Waals surface area contributed by atoms with Gasteiger partial charge in [0.05, 0.1) is 12.2 Å². The fourth-order valence-electron chi connectivity index (χ4n) is 3.64. The second-order valence-corrected chi connectivity index (χ2v) is 7.12. The second-order valence-electron chi connectivity index (χ2n) is 7.12. The number of hydrogen-bond donors (Lipinski definition) is 0. The van der Waals surface area contributed by atoms with Crippen molar-refractivity contribution in [2.24, 2.45) is 0 Å². The molecule has 0 bridgehead atoms. The van der Waals surface area contributed by atoms with Crippen molar-refractivity contribution < 1.29 is 9.53 Å². The Labute approximate surface area is 153 Å². The molecule has 5 nitrogen and oxygen atoms in total. The number of ether oxygens (including phenoxy) is 1. The van der Waals surface area contributed by atoms with Crippen molar-refractivity contribution in [2.75, 3.05) is 18.1 Å². The highest BCUT2D eigenvalue weighted by Crippen LogP contribution is 2.32. The molecule has 1 heterocycles. The molecular formula is C21H25NO4. The van der Waals surface area contributed by atoms with Crippen LogP contribution in [0.3, 0.4) is 0 Å². The number of carbonyl (C=O) groups is 1. The minimum Gasteiger partial charge on any atom is -0.464 e. The van der Waals surface area contributed by atoms with Crippen molar-refractivity contribution >= 4 is 11.7 Å². The fourth-order valence-corrected chi connectivity index (χ4v) is 3.64. The molecule has 1 atom stereocenters. The Morgan fingerprint density at radius 1 is 1.15 bits per heavy atom. The first-order chi connectivity index (χ1) is 12.5. The summed E-state index contributed by atoms with van der Waals surface area (Å²) in [5.74, 6) is 0.0767. The van der Waals surface area contributed by atoms with Gasteiger partial charge in [0, 0.05) is 6.54 Å². The molecule has 5 heteroatoms. The topological polar surface area (TPSA) is 63.7 Å². The van der Waals surface area contributed by atoms with Gasteiger partial charge in [0.15, 0.2) is 0 Å². The van der Waals surface area contributed by atoms with Crippen LogP contribution in [0.15, 0.2) is 33.9 Å². The smallest absolute Gasteiger partial charge is 0.328 e. The molecule has 1 fully saturated rings. The van der Waals surface area contributed by atoms with Crippen LogP contribution in [0.5, 0.6) is 0 Å². The lowest BCUT2D eigenvalue weighted by Crippen LogP contribution is -2.52. The van der Waals surface area contributed by atoms with E-state index in [0.29, 0.717) is 36.7 Å². The normalized spacial score (nSPS) is 17.7. The average Bonchev–Trinajstić information content (AvgIpc) is 2.65. The quantitative estimate of drug-likeness (QED) is 0.609. The Morgan fingerprint density at radius 2 is 1.85 bits per heavy atom. The number of nitrogens with zero attached hydrogens (tertiary/aromatic N) is 1. The lowest BCUT2D eigenvalue weighted by atomic mass is 9.92. The molecule has 0 aliphatic carbocycles. The summed E-state index contributed by atoms with van der Waals surface area (Å²) in [6, 6.07) is 7.26. The molecule has 1 aliphatic rings. The maximum absolute atomic E-state index is 12.3. The maximum Gasteiger partial charge on any atom is 0.328 e. The van der Waals surface area contributed by atoms with Gasteiger partial charge in [-0.05, 0) is 43.2 Å². The molecule has 0 unspecified atom stereocenters. The van der Waals surface area contributed by atoms with Crippen molar-refractivity contribution in [3.63, 3.8) is 0 Å². The predicted octanol–water partition coefficient (Wildman–Crippen LogP) is 3.00. The van der Waals surface area contributed by atoms with Crippen LogP contribution in [-0.4, -0.2) is 25.2 Å². The van der Waals surface area contributed by atoms with E-state index in [9.17, 15) is 14.4 Å². The lowest BCUT2D eigenvalue weighted by Gasteiger charge is -2.37. The monoisotopic (exact) mass is 355 g/mol. The number of hydrogen-bond acceptors (Lipinski definition) is 5. The van der Waals surface area contributed by atoms with Gasteiger partial charge in [-0.3, -0.25) is 9.59 Å². The fraction of sp³-hybridized carbons (Fsp3) is 0.476. The van der Waals surface area contributed by atoms with Gasteiger partial charge < -0.3 is 9.64 Å². The zero-order chi connectivity index (χ0) is 18.8. The first kappa shape index (κ1) is 18.4. The first-order valence-electron chi connectivity index (χ1n) is 9.32. The van der Waals surface area contributed by atoms with E-state index in [-0.39, 0.29) is 5.97 Å². The highest BCUT2D eigenvalue weighted by atomic mass is 16.5. The number of benzene rings is 1. The molecule has 0 spiro atoms. The molecule has 0 aromatic heterocycles. The van der Waals surface area contributed by atoms with Crippen LogP contribution >= 0.6 is 0 Å². The Hall–Kier alpha value is -2.43. The molecule has 1 aliphatic heterocycles. The minimum absolute atomic E-state index is 0.304. The van der Waals surface area contributed by atoms with Crippen LogP contribution in [0, 0.1) is 0 Å². The molecule has 26 heavy (non-hydrogen) atoms. The summed E-state index contributed by atoms with van der Waals surface area (Å²) in [5, 5.41) is 0. The maximum atomic E-state index is 12.3. The molecule has 2 aromatic carbocycles. The largest absolute Gasteiger partial charge is 0.464 e. The van der Waals surface area contributed by atoms with Gasteiger partial charge in [-0.2, -0.15) is 0 Å². The van der Waals surface area contributed by atoms with Crippen molar-refractivity contribution in [1.29, 1.82) is 0 Å². The Balaban J connectivity index is 1.98. The predicted molar refractivity (Wildman–Crippen MR) is 102 cm³/mol. The SMILES string of the molecule is CCOC(=O)[C@@H]1CCCCN1c1c(-c2ccc(C(C)C)cc2)c(=O)c1=O. The van der Waals surface area contributed by atoms with Gasteiger partial charge in [-0.1, -0.05) is 38.1 Å². The summed E-state index contributed by atoms with van der Waals surface area (Å²) in [4.78, 5) is 38.7. The van der Waals surface area contributed by atoms with E-state index in [2.05, 4.69) is 13.8 Å². The van der Waals surface area contributed by atoms with Crippen LogP contribution in [0.1, 0.15) is 51.5 Å². The van der Waals surface area contributed by atoms with Gasteiger partial charge in [0.1, 0.15) is 11.7 Å². The number of esters is 1. The number of anilines is 1. The van der Waals surface area contributed by atoms with E-state index in [1.54, 1.807) is 11.8 Å². The van der Waals surface area contributed by atoms with E-state index in [0.717, 1.165) is 18.4 Å². The Kier molecular flexibility index (Phi) is 5.25. The average molecular weight is 355 g/mol. The Bertz CT molecular complexity index is 859. The molecular weight excluding hydrogens is 330 g/mol. The van der Waals surface area contributed by atoms with Crippen molar-refractivity contribution in [2.45, 2.75) is 52.0 Å². The highest BCUT2D eigenvalue weighted by Gasteiger charge is 2.36. The molecule has 138 valence electrons. The van der Waals surface area contributed by atoms with Crippen LogP contribution < -0.4 is 15.8 Å². The van der Waals surface area contributed by atoms with Gasteiger partial charge >= 0.3 is 5.97 Å². The molecule has 2 aromatic rings. The number of carbonyl (C=O) groups excluding carboxylic acids is 1. The zero-order valence-electron chi connectivity index (χ0n) is 15.6. The van der Waals surface area contributed by atoms with Crippen molar-refractivity contribution in [1.82, 2.24) is 0 Å². The molecule has 1 saturated heterocycles. The summed E-state index contributed by atoms with van der Waals surface area (Å²) < 4.78 is 5.18. The van der Waals surface area contributed by atoms with E-state index in [1.165, 1.54) is 5.56 Å². The molecule has 0 N–H and O–H groups in total. The van der Waals surface area contributed by atoms with E-state index in [4.69, 9.17) is 4.74 Å². The first-order valence-corrected chi connectivity index (χ1v) is 9.32. The second kappa shape index (κ2) is 7.44. The summed E-state index contributed by atoms with van der Waals surface area (Å²) in [6.07, 6.45) is 2.44. The van der Waals surface area contributed by atoms with Gasteiger partial charge in [0.25, 0.3) is 0 Å². The third-order valence-electron chi connectivity index (χ3n) is 5.10. The molecule has 0 radical (unpaired) electrons. The lowest BCUT2D eigenvalue weighted by molar-refractivity contribution is -0.145. The van der Waals surface area contributed by atoms with Crippen LogP contribution in [0.25, 0.3) is 11.1 Å². The standard InChI is InChI=1S/C21H25NO4/c1-4-26-21(25)16-7-5-6-12-22(16)18-17(19(23)20(18)24)15-10-8-14(9-11-15)13(2)3/h8-11,13,16H,4-7,12H2,1-3H3/t16-/m0/s1. The van der Waals surface area contributed by atoms with E-state index in [1.807, 2.05) is 24.3 Å². The van der Waals surface area contributed by atoms with Gasteiger partial charge in [-0.25, -0.2) is 4.79 Å². The van der Waals surface area contributed by atoms with E-state index >= 15 is 0 Å². The minimum atomic E-state index is -0.496.